The number of aldehydes is 1. The Kier molecular flexibility index (Phi) is 2.92. The smallest absolute Gasteiger partial charge is 0.237 e. The third-order valence-corrected chi connectivity index (χ3v) is 2.42. The number of halogens is 1. The number of hydrogen-bond donors (Lipinski definition) is 0. The molecule has 5 heteroatoms. The maximum Gasteiger partial charge on any atom is 0.237 e. The number of ether oxygens (including phenoxy) is 1. The first-order valence-electron chi connectivity index (χ1n) is 4.51. The van der Waals surface area contributed by atoms with Crippen LogP contribution in [0.2, 0.25) is 5.22 Å². The van der Waals surface area contributed by atoms with Crippen LogP contribution in [0.25, 0.3) is 11.3 Å². The number of rotatable bonds is 3. The Hall–Kier alpha value is -1.81. The molecule has 0 spiro atoms. The normalized spacial score (nSPS) is 10.1. The lowest BCUT2D eigenvalue weighted by atomic mass is 10.1. The van der Waals surface area contributed by atoms with E-state index in [4.69, 9.17) is 20.9 Å². The van der Waals surface area contributed by atoms with Gasteiger partial charge in [-0.2, -0.15) is 0 Å². The van der Waals surface area contributed by atoms with E-state index in [1.165, 1.54) is 0 Å². The number of carbonyl (C=O) groups is 1. The van der Waals surface area contributed by atoms with Crippen molar-refractivity contribution in [2.75, 3.05) is 7.11 Å². The fraction of sp³-hybridized carbons (Fsp3) is 0.0909. The molecule has 2 aromatic rings. The molecule has 0 unspecified atom stereocenters. The molecule has 0 atom stereocenters. The quantitative estimate of drug-likeness (QED) is 0.771. The summed E-state index contributed by atoms with van der Waals surface area (Å²) < 4.78 is 9.83. The van der Waals surface area contributed by atoms with Crippen LogP contribution in [0.3, 0.4) is 0 Å². The second-order valence-corrected chi connectivity index (χ2v) is 3.41. The molecule has 0 aliphatic rings. The van der Waals surface area contributed by atoms with Crippen molar-refractivity contribution in [1.29, 1.82) is 0 Å². The summed E-state index contributed by atoms with van der Waals surface area (Å²) in [5.74, 6) is 0.675. The second-order valence-electron chi connectivity index (χ2n) is 3.07. The van der Waals surface area contributed by atoms with Crippen molar-refractivity contribution in [3.63, 3.8) is 0 Å². The molecule has 1 aromatic carbocycles. The van der Waals surface area contributed by atoms with Crippen LogP contribution in [0.1, 0.15) is 10.4 Å². The lowest BCUT2D eigenvalue weighted by Gasteiger charge is -2.01. The average molecular weight is 238 g/mol. The predicted octanol–water partition coefficient (Wildman–Crippen LogP) is 2.82. The molecule has 0 saturated carbocycles. The molecular weight excluding hydrogens is 230 g/mol. The van der Waals surface area contributed by atoms with E-state index in [1.807, 2.05) is 0 Å². The van der Waals surface area contributed by atoms with Gasteiger partial charge < -0.3 is 9.26 Å². The van der Waals surface area contributed by atoms with Gasteiger partial charge in [-0.1, -0.05) is 17.3 Å². The van der Waals surface area contributed by atoms with Crippen LogP contribution in [-0.2, 0) is 0 Å². The van der Waals surface area contributed by atoms with Crippen molar-refractivity contribution < 1.29 is 14.1 Å². The number of methoxy groups -OCH3 is 1. The van der Waals surface area contributed by atoms with E-state index in [2.05, 4.69) is 5.16 Å². The zero-order chi connectivity index (χ0) is 11.5. The van der Waals surface area contributed by atoms with Gasteiger partial charge in [0.15, 0.2) is 6.29 Å². The second kappa shape index (κ2) is 4.37. The zero-order valence-corrected chi connectivity index (χ0v) is 9.19. The highest BCUT2D eigenvalue weighted by atomic mass is 35.5. The highest BCUT2D eigenvalue weighted by Crippen LogP contribution is 2.29. The van der Waals surface area contributed by atoms with Gasteiger partial charge >= 0.3 is 0 Å². The van der Waals surface area contributed by atoms with Crippen molar-refractivity contribution in [2.45, 2.75) is 0 Å². The molecule has 2 rings (SSSR count). The highest BCUT2D eigenvalue weighted by molar-refractivity contribution is 6.31. The molecule has 0 amide bonds. The van der Waals surface area contributed by atoms with Crippen molar-refractivity contribution in [3.8, 4) is 17.0 Å². The minimum atomic E-state index is -0.00665. The van der Waals surface area contributed by atoms with E-state index in [9.17, 15) is 4.79 Å². The summed E-state index contributed by atoms with van der Waals surface area (Å²) >= 11 is 5.68. The molecule has 0 aliphatic carbocycles. The summed E-state index contributed by atoms with van der Waals surface area (Å²) in [5, 5.41) is 3.73. The van der Waals surface area contributed by atoms with Gasteiger partial charge in [-0.3, -0.25) is 4.79 Å². The van der Waals surface area contributed by atoms with Crippen LogP contribution in [0.5, 0.6) is 5.75 Å². The number of carbonyl (C=O) groups excluding carboxylic acids is 1. The van der Waals surface area contributed by atoms with Crippen molar-refractivity contribution in [1.82, 2.24) is 5.16 Å². The monoisotopic (exact) mass is 237 g/mol. The van der Waals surface area contributed by atoms with E-state index < -0.39 is 0 Å². The predicted molar refractivity (Wildman–Crippen MR) is 58.9 cm³/mol. The summed E-state index contributed by atoms with van der Waals surface area (Å²) in [6.07, 6.45) is 0.619. The molecule has 1 aromatic heterocycles. The van der Waals surface area contributed by atoms with Gasteiger partial charge in [0.1, 0.15) is 17.0 Å². The lowest BCUT2D eigenvalue weighted by Crippen LogP contribution is -1.87. The molecule has 0 N–H and O–H groups in total. The molecule has 0 fully saturated rings. The van der Waals surface area contributed by atoms with Gasteiger partial charge in [0, 0.05) is 5.56 Å². The first-order valence-corrected chi connectivity index (χ1v) is 4.89. The zero-order valence-electron chi connectivity index (χ0n) is 8.44. The minimum absolute atomic E-state index is 0.00665. The molecule has 4 nitrogen and oxygen atoms in total. The van der Waals surface area contributed by atoms with Gasteiger partial charge in [0.05, 0.1) is 7.11 Å². The molecule has 0 radical (unpaired) electrons. The average Bonchev–Trinajstić information content (AvgIpc) is 2.70. The molecule has 82 valence electrons. The Morgan fingerprint density at radius 1 is 1.50 bits per heavy atom. The minimum Gasteiger partial charge on any atom is -0.497 e. The third-order valence-electron chi connectivity index (χ3n) is 2.14. The molecule has 0 bridgehead atoms. The maximum absolute atomic E-state index is 10.8. The van der Waals surface area contributed by atoms with E-state index in [-0.39, 0.29) is 10.8 Å². The Bertz CT molecular complexity index is 522. The first kappa shape index (κ1) is 10.7. The largest absolute Gasteiger partial charge is 0.497 e. The summed E-state index contributed by atoms with van der Waals surface area (Å²) in [7, 11) is 1.57. The van der Waals surface area contributed by atoms with Crippen molar-refractivity contribution >= 4 is 17.9 Å². The first-order chi connectivity index (χ1) is 7.76. The fourth-order valence-electron chi connectivity index (χ4n) is 1.36. The van der Waals surface area contributed by atoms with Gasteiger partial charge in [0.25, 0.3) is 0 Å². The van der Waals surface area contributed by atoms with Gasteiger partial charge in [-0.15, -0.1) is 0 Å². The van der Waals surface area contributed by atoms with Crippen LogP contribution in [0.4, 0.5) is 0 Å². The summed E-state index contributed by atoms with van der Waals surface area (Å²) in [6, 6.07) is 7.14. The van der Waals surface area contributed by atoms with E-state index >= 15 is 0 Å². The number of hydrogen-bond acceptors (Lipinski definition) is 4. The Morgan fingerprint density at radius 3 is 3.00 bits per heavy atom. The van der Waals surface area contributed by atoms with E-state index in [1.54, 1.807) is 31.4 Å². The topological polar surface area (TPSA) is 52.3 Å². The number of aromatic nitrogens is 1. The Morgan fingerprint density at radius 2 is 2.31 bits per heavy atom. The molecule has 16 heavy (non-hydrogen) atoms. The number of benzene rings is 1. The Labute approximate surface area is 96.8 Å². The molecule has 0 aliphatic heterocycles. The standard InChI is InChI=1S/C11H8ClNO3/c1-15-8-4-2-3-7(5-8)10-9(6-14)11(12)16-13-10/h2-6H,1H3. The molecule has 0 saturated heterocycles. The van der Waals surface area contributed by atoms with Crippen LogP contribution < -0.4 is 4.74 Å². The summed E-state index contributed by atoms with van der Waals surface area (Å²) in [5.41, 5.74) is 1.38. The van der Waals surface area contributed by atoms with Crippen LogP contribution in [0, 0.1) is 0 Å². The van der Waals surface area contributed by atoms with E-state index in [0.29, 0.717) is 17.7 Å². The van der Waals surface area contributed by atoms with E-state index in [0.717, 1.165) is 5.56 Å². The van der Waals surface area contributed by atoms with Crippen molar-refractivity contribution in [3.05, 3.63) is 35.0 Å². The lowest BCUT2D eigenvalue weighted by molar-refractivity contribution is 0.112. The fourth-order valence-corrected chi connectivity index (χ4v) is 1.53. The summed E-state index contributed by atoms with van der Waals surface area (Å²) in [6.45, 7) is 0. The molecular formula is C11H8ClNO3. The maximum atomic E-state index is 10.8. The van der Waals surface area contributed by atoms with Crippen LogP contribution >= 0.6 is 11.6 Å². The third kappa shape index (κ3) is 1.79. The SMILES string of the molecule is COc1cccc(-c2noc(Cl)c2C=O)c1. The summed E-state index contributed by atoms with van der Waals surface area (Å²) in [4.78, 5) is 10.8. The Balaban J connectivity index is 2.53. The van der Waals surface area contributed by atoms with Gasteiger partial charge in [-0.25, -0.2) is 0 Å². The van der Waals surface area contributed by atoms with Crippen LogP contribution in [-0.4, -0.2) is 18.6 Å². The highest BCUT2D eigenvalue weighted by Gasteiger charge is 2.15. The van der Waals surface area contributed by atoms with Crippen LogP contribution in [0.15, 0.2) is 28.8 Å². The van der Waals surface area contributed by atoms with Gasteiger partial charge in [0.2, 0.25) is 5.22 Å². The number of nitrogens with zero attached hydrogens (tertiary/aromatic N) is 1. The van der Waals surface area contributed by atoms with Gasteiger partial charge in [-0.05, 0) is 23.7 Å². The van der Waals surface area contributed by atoms with Crippen molar-refractivity contribution in [2.24, 2.45) is 0 Å². The molecule has 1 heterocycles.